The van der Waals surface area contributed by atoms with Gasteiger partial charge in [-0.2, -0.15) is 4.89 Å². The Bertz CT molecular complexity index is 553. The fraction of sp³-hybridized carbons (Fsp3) is 0.188. The van der Waals surface area contributed by atoms with Crippen LogP contribution in [0.2, 0.25) is 0 Å². The van der Waals surface area contributed by atoms with Crippen LogP contribution in [0.25, 0.3) is 0 Å². The number of ketones is 1. The van der Waals surface area contributed by atoms with E-state index in [4.69, 9.17) is 14.5 Å². The van der Waals surface area contributed by atoms with Crippen LogP contribution in [0.15, 0.2) is 60.7 Å². The zero-order valence-corrected chi connectivity index (χ0v) is 11.4. The molecule has 0 aliphatic heterocycles. The van der Waals surface area contributed by atoms with Crippen molar-refractivity contribution in [3.63, 3.8) is 0 Å². The van der Waals surface area contributed by atoms with Crippen molar-refractivity contribution in [2.45, 2.75) is 5.79 Å². The number of carbonyl (C=O) groups is 1. The van der Waals surface area contributed by atoms with Crippen molar-refractivity contribution >= 4 is 5.78 Å². The predicted octanol–water partition coefficient (Wildman–Crippen LogP) is 2.95. The van der Waals surface area contributed by atoms with Crippen molar-refractivity contribution < 1.29 is 19.3 Å². The maximum Gasteiger partial charge on any atom is 0.291 e. The molecule has 0 radical (unpaired) electrons. The minimum absolute atomic E-state index is 0.325. The third kappa shape index (κ3) is 2.63. The van der Waals surface area contributed by atoms with E-state index in [1.165, 1.54) is 14.2 Å². The first kappa shape index (κ1) is 14.4. The van der Waals surface area contributed by atoms with Crippen molar-refractivity contribution in [3.8, 4) is 0 Å². The third-order valence-electron chi connectivity index (χ3n) is 2.98. The number of hydrogen-bond acceptors (Lipinski definition) is 4. The molecule has 2 aromatic rings. The van der Waals surface area contributed by atoms with Gasteiger partial charge in [0, 0.05) is 18.2 Å². The molecule has 0 N–H and O–H groups in total. The molecule has 0 saturated carbocycles. The van der Waals surface area contributed by atoms with E-state index in [9.17, 15) is 4.79 Å². The Kier molecular flexibility index (Phi) is 4.63. The molecule has 4 heteroatoms. The van der Waals surface area contributed by atoms with E-state index < -0.39 is 5.79 Å². The van der Waals surface area contributed by atoms with Crippen LogP contribution >= 0.6 is 0 Å². The first-order valence-corrected chi connectivity index (χ1v) is 6.17. The van der Waals surface area contributed by atoms with Crippen LogP contribution in [0.5, 0.6) is 0 Å². The Morgan fingerprint density at radius 2 is 1.45 bits per heavy atom. The number of Topliss-reactive ketones (excluding diaryl/α,β-unsaturated/α-hetero) is 1. The molecule has 0 amide bonds. The van der Waals surface area contributed by atoms with E-state index >= 15 is 0 Å². The van der Waals surface area contributed by atoms with Gasteiger partial charge in [-0.1, -0.05) is 60.7 Å². The molecular formula is C16H16O4. The van der Waals surface area contributed by atoms with E-state index in [-0.39, 0.29) is 5.78 Å². The lowest BCUT2D eigenvalue weighted by Gasteiger charge is -2.29. The van der Waals surface area contributed by atoms with E-state index in [0.29, 0.717) is 11.1 Å². The van der Waals surface area contributed by atoms with E-state index in [1.54, 1.807) is 48.5 Å². The highest BCUT2D eigenvalue weighted by Crippen LogP contribution is 2.31. The van der Waals surface area contributed by atoms with Crippen molar-refractivity contribution in [1.82, 2.24) is 0 Å². The van der Waals surface area contributed by atoms with Gasteiger partial charge >= 0.3 is 0 Å². The van der Waals surface area contributed by atoms with Crippen molar-refractivity contribution in [2.24, 2.45) is 0 Å². The minimum atomic E-state index is -1.61. The van der Waals surface area contributed by atoms with Crippen molar-refractivity contribution in [1.29, 1.82) is 0 Å². The average Bonchev–Trinajstić information content (AvgIpc) is 2.54. The summed E-state index contributed by atoms with van der Waals surface area (Å²) in [5, 5.41) is 0. The van der Waals surface area contributed by atoms with Gasteiger partial charge in [0.15, 0.2) is 0 Å². The molecule has 0 heterocycles. The Balaban J connectivity index is 2.50. The predicted molar refractivity (Wildman–Crippen MR) is 74.0 cm³/mol. The van der Waals surface area contributed by atoms with Gasteiger partial charge in [0.1, 0.15) is 0 Å². The Morgan fingerprint density at radius 3 is 1.95 bits per heavy atom. The van der Waals surface area contributed by atoms with Crippen LogP contribution in [0.3, 0.4) is 0 Å². The molecule has 0 bridgehead atoms. The summed E-state index contributed by atoms with van der Waals surface area (Å²) in [6.45, 7) is 0. The number of methoxy groups -OCH3 is 1. The SMILES string of the molecule is COOC(OC)(C(=O)c1ccccc1)c1ccccc1. The normalized spacial score (nSPS) is 13.7. The molecule has 0 saturated heterocycles. The van der Waals surface area contributed by atoms with Gasteiger partial charge in [0.25, 0.3) is 5.79 Å². The fourth-order valence-corrected chi connectivity index (χ4v) is 2.02. The summed E-state index contributed by atoms with van der Waals surface area (Å²) >= 11 is 0. The summed E-state index contributed by atoms with van der Waals surface area (Å²) < 4.78 is 5.38. The second-order valence-electron chi connectivity index (χ2n) is 4.13. The van der Waals surface area contributed by atoms with Crippen molar-refractivity contribution in [2.75, 3.05) is 14.2 Å². The van der Waals surface area contributed by atoms with Gasteiger partial charge in [-0.15, -0.1) is 0 Å². The molecule has 4 nitrogen and oxygen atoms in total. The zero-order chi connectivity index (χ0) is 14.4. The Hall–Kier alpha value is -2.01. The number of ether oxygens (including phenoxy) is 1. The van der Waals surface area contributed by atoms with Gasteiger partial charge in [-0.05, 0) is 0 Å². The quantitative estimate of drug-likeness (QED) is 0.351. The molecule has 2 aromatic carbocycles. The minimum Gasteiger partial charge on any atom is -0.341 e. The van der Waals surface area contributed by atoms with Crippen LogP contribution < -0.4 is 0 Å². The van der Waals surface area contributed by atoms with E-state index in [1.807, 2.05) is 12.1 Å². The second-order valence-corrected chi connectivity index (χ2v) is 4.13. The highest BCUT2D eigenvalue weighted by Gasteiger charge is 2.43. The van der Waals surface area contributed by atoms with E-state index in [2.05, 4.69) is 0 Å². The lowest BCUT2D eigenvalue weighted by atomic mass is 9.96. The summed E-state index contributed by atoms with van der Waals surface area (Å²) in [7, 11) is 2.75. The summed E-state index contributed by atoms with van der Waals surface area (Å²) in [6, 6.07) is 17.8. The molecule has 2 rings (SSSR count). The maximum atomic E-state index is 12.8. The number of benzene rings is 2. The van der Waals surface area contributed by atoms with Crippen LogP contribution in [0.4, 0.5) is 0 Å². The highest BCUT2D eigenvalue weighted by molar-refractivity contribution is 6.02. The Morgan fingerprint density at radius 1 is 0.900 bits per heavy atom. The lowest BCUT2D eigenvalue weighted by Crippen LogP contribution is -2.40. The molecule has 0 aliphatic rings. The Labute approximate surface area is 117 Å². The number of hydrogen-bond donors (Lipinski definition) is 0. The second kappa shape index (κ2) is 6.43. The average molecular weight is 272 g/mol. The topological polar surface area (TPSA) is 44.8 Å². The van der Waals surface area contributed by atoms with Gasteiger partial charge in [0.2, 0.25) is 5.78 Å². The molecule has 20 heavy (non-hydrogen) atoms. The van der Waals surface area contributed by atoms with E-state index in [0.717, 1.165) is 0 Å². The maximum absolute atomic E-state index is 12.8. The van der Waals surface area contributed by atoms with Crippen LogP contribution in [-0.2, 0) is 20.3 Å². The molecular weight excluding hydrogens is 256 g/mol. The van der Waals surface area contributed by atoms with Crippen LogP contribution in [0, 0.1) is 0 Å². The molecule has 104 valence electrons. The van der Waals surface area contributed by atoms with Crippen LogP contribution in [0.1, 0.15) is 15.9 Å². The first-order valence-electron chi connectivity index (χ1n) is 6.17. The van der Waals surface area contributed by atoms with Gasteiger partial charge in [0.05, 0.1) is 7.11 Å². The number of rotatable bonds is 6. The third-order valence-corrected chi connectivity index (χ3v) is 2.98. The standard InChI is InChI=1S/C16H16O4/c1-18-16(20-19-2,14-11-7-4-8-12-14)15(17)13-9-5-3-6-10-13/h3-12H,1-2H3. The summed E-state index contributed by atoms with van der Waals surface area (Å²) in [5.74, 6) is -1.94. The summed E-state index contributed by atoms with van der Waals surface area (Å²) in [5.41, 5.74) is 1.05. The zero-order valence-electron chi connectivity index (χ0n) is 11.4. The molecule has 0 aliphatic carbocycles. The summed E-state index contributed by atoms with van der Waals surface area (Å²) in [6.07, 6.45) is 0. The fourth-order valence-electron chi connectivity index (χ4n) is 2.02. The molecule has 0 aromatic heterocycles. The van der Waals surface area contributed by atoms with Crippen molar-refractivity contribution in [3.05, 3.63) is 71.8 Å². The molecule has 1 atom stereocenters. The van der Waals surface area contributed by atoms with Gasteiger partial charge < -0.3 is 4.74 Å². The van der Waals surface area contributed by atoms with Gasteiger partial charge in [-0.3, -0.25) is 4.79 Å². The molecule has 0 fully saturated rings. The first-order chi connectivity index (χ1) is 9.74. The van der Waals surface area contributed by atoms with Gasteiger partial charge in [-0.25, -0.2) is 4.89 Å². The monoisotopic (exact) mass is 272 g/mol. The molecule has 1 unspecified atom stereocenters. The van der Waals surface area contributed by atoms with Crippen LogP contribution in [-0.4, -0.2) is 20.0 Å². The highest BCUT2D eigenvalue weighted by atomic mass is 17.2. The largest absolute Gasteiger partial charge is 0.341 e. The summed E-state index contributed by atoms with van der Waals surface area (Å²) in [4.78, 5) is 22.7. The number of carbonyl (C=O) groups excluding carboxylic acids is 1. The molecule has 0 spiro atoms. The lowest BCUT2D eigenvalue weighted by molar-refractivity contribution is -0.397. The smallest absolute Gasteiger partial charge is 0.291 e.